The molecule has 18 heavy (non-hydrogen) atoms. The number of rotatable bonds is 2. The average Bonchev–Trinajstić information content (AvgIpc) is 2.75. The van der Waals surface area contributed by atoms with Crippen molar-refractivity contribution in [2.75, 3.05) is 0 Å². The Labute approximate surface area is 106 Å². The Morgan fingerprint density at radius 1 is 1.39 bits per heavy atom. The fraction of sp³-hybridized carbons (Fsp3) is 0.357. The Bertz CT molecular complexity index is 562. The summed E-state index contributed by atoms with van der Waals surface area (Å²) < 4.78 is 2.20. The Morgan fingerprint density at radius 2 is 2.22 bits per heavy atom. The number of hydrogen-bond donors (Lipinski definition) is 2. The topological polar surface area (TPSA) is 64.1 Å². The Balaban J connectivity index is 1.90. The van der Waals surface area contributed by atoms with E-state index < -0.39 is 0 Å². The van der Waals surface area contributed by atoms with E-state index >= 15 is 0 Å². The summed E-state index contributed by atoms with van der Waals surface area (Å²) >= 11 is 0. The van der Waals surface area contributed by atoms with Gasteiger partial charge in [0.1, 0.15) is 11.6 Å². The van der Waals surface area contributed by atoms with Crippen molar-refractivity contribution in [1.29, 1.82) is 0 Å². The van der Waals surface area contributed by atoms with Crippen LogP contribution in [0.15, 0.2) is 30.5 Å². The largest absolute Gasteiger partial charge is 0.508 e. The zero-order chi connectivity index (χ0) is 12.5. The first-order valence-corrected chi connectivity index (χ1v) is 6.30. The molecule has 0 amide bonds. The van der Waals surface area contributed by atoms with Gasteiger partial charge in [-0.3, -0.25) is 0 Å². The number of benzene rings is 1. The number of aryl methyl sites for hydroxylation is 1. The summed E-state index contributed by atoms with van der Waals surface area (Å²) in [6, 6.07) is 7.62. The molecular weight excluding hydrogens is 226 g/mol. The van der Waals surface area contributed by atoms with Crippen molar-refractivity contribution < 1.29 is 5.11 Å². The van der Waals surface area contributed by atoms with Crippen molar-refractivity contribution in [2.24, 2.45) is 5.73 Å². The van der Waals surface area contributed by atoms with E-state index in [9.17, 15) is 5.11 Å². The quantitative estimate of drug-likeness (QED) is 0.839. The highest BCUT2D eigenvalue weighted by Gasteiger charge is 2.19. The molecule has 3 rings (SSSR count). The number of aromatic hydroxyl groups is 1. The lowest BCUT2D eigenvalue weighted by Crippen LogP contribution is -2.32. The first-order chi connectivity index (χ1) is 8.74. The minimum atomic E-state index is 0.217. The molecule has 4 heteroatoms. The molecule has 2 heterocycles. The van der Waals surface area contributed by atoms with Gasteiger partial charge in [-0.05, 0) is 18.9 Å². The second-order valence-electron chi connectivity index (χ2n) is 4.88. The molecule has 0 spiro atoms. The predicted molar refractivity (Wildman–Crippen MR) is 69.4 cm³/mol. The van der Waals surface area contributed by atoms with Crippen LogP contribution in [0.25, 0.3) is 0 Å². The Kier molecular flexibility index (Phi) is 2.80. The molecule has 0 fully saturated rings. The van der Waals surface area contributed by atoms with Crippen molar-refractivity contribution in [3.63, 3.8) is 0 Å². The molecule has 4 nitrogen and oxygen atoms in total. The molecular formula is C14H17N3O. The van der Waals surface area contributed by atoms with Gasteiger partial charge in [-0.25, -0.2) is 4.98 Å². The number of nitrogens with two attached hydrogens (primary N) is 1. The maximum Gasteiger partial charge on any atom is 0.119 e. The van der Waals surface area contributed by atoms with E-state index in [2.05, 4.69) is 9.55 Å². The van der Waals surface area contributed by atoms with Gasteiger partial charge in [-0.2, -0.15) is 0 Å². The zero-order valence-electron chi connectivity index (χ0n) is 10.2. The molecule has 0 bridgehead atoms. The summed E-state index contributed by atoms with van der Waals surface area (Å²) in [5.74, 6) is 1.32. The monoisotopic (exact) mass is 243 g/mol. The summed E-state index contributed by atoms with van der Waals surface area (Å²) in [6.45, 7) is 0.832. The van der Waals surface area contributed by atoms with Crippen molar-refractivity contribution >= 4 is 0 Å². The van der Waals surface area contributed by atoms with Gasteiger partial charge in [0, 0.05) is 36.5 Å². The smallest absolute Gasteiger partial charge is 0.119 e. The van der Waals surface area contributed by atoms with E-state index in [1.807, 2.05) is 24.4 Å². The molecule has 2 aromatic rings. The molecule has 0 aliphatic carbocycles. The van der Waals surface area contributed by atoms with E-state index in [-0.39, 0.29) is 6.04 Å². The van der Waals surface area contributed by atoms with Gasteiger partial charge in [0.25, 0.3) is 0 Å². The Morgan fingerprint density at radius 3 is 3.06 bits per heavy atom. The zero-order valence-corrected chi connectivity index (χ0v) is 10.2. The summed E-state index contributed by atoms with van der Waals surface area (Å²) in [7, 11) is 0. The van der Waals surface area contributed by atoms with Gasteiger partial charge < -0.3 is 15.4 Å². The molecule has 0 radical (unpaired) electrons. The van der Waals surface area contributed by atoms with Crippen molar-refractivity contribution in [1.82, 2.24) is 9.55 Å². The van der Waals surface area contributed by atoms with Crippen LogP contribution in [0, 0.1) is 0 Å². The number of imidazole rings is 1. The fourth-order valence-corrected chi connectivity index (χ4v) is 2.51. The molecule has 1 aliphatic rings. The van der Waals surface area contributed by atoms with Crippen LogP contribution in [0.5, 0.6) is 5.75 Å². The molecule has 1 unspecified atom stereocenters. The molecule has 1 atom stereocenters. The highest BCUT2D eigenvalue weighted by atomic mass is 16.3. The van der Waals surface area contributed by atoms with E-state index in [4.69, 9.17) is 5.73 Å². The van der Waals surface area contributed by atoms with Gasteiger partial charge in [0.2, 0.25) is 0 Å². The van der Waals surface area contributed by atoms with E-state index in [1.165, 1.54) is 5.69 Å². The second-order valence-corrected chi connectivity index (χ2v) is 4.88. The van der Waals surface area contributed by atoms with Crippen molar-refractivity contribution in [3.05, 3.63) is 47.5 Å². The van der Waals surface area contributed by atoms with E-state index in [1.54, 1.807) is 6.07 Å². The Hall–Kier alpha value is -1.81. The number of aromatic nitrogens is 2. The van der Waals surface area contributed by atoms with Crippen LogP contribution in [0.1, 0.15) is 23.5 Å². The third-order valence-corrected chi connectivity index (χ3v) is 3.55. The maximum absolute atomic E-state index is 9.80. The molecule has 0 saturated carbocycles. The summed E-state index contributed by atoms with van der Waals surface area (Å²) in [5, 5.41) is 9.80. The van der Waals surface area contributed by atoms with Crippen LogP contribution in [0.2, 0.25) is 0 Å². The first kappa shape index (κ1) is 11.3. The molecule has 94 valence electrons. The number of para-hydroxylation sites is 1. The van der Waals surface area contributed by atoms with Crippen LogP contribution in [0.4, 0.5) is 0 Å². The number of hydrogen-bond acceptors (Lipinski definition) is 3. The third-order valence-electron chi connectivity index (χ3n) is 3.55. The fourth-order valence-electron chi connectivity index (χ4n) is 2.51. The highest BCUT2D eigenvalue weighted by Crippen LogP contribution is 2.22. The van der Waals surface area contributed by atoms with Crippen LogP contribution >= 0.6 is 0 Å². The summed E-state index contributed by atoms with van der Waals surface area (Å²) in [6.07, 6.45) is 4.61. The summed E-state index contributed by atoms with van der Waals surface area (Å²) in [5.41, 5.74) is 8.16. The summed E-state index contributed by atoms with van der Waals surface area (Å²) in [4.78, 5) is 4.46. The second kappa shape index (κ2) is 4.46. The highest BCUT2D eigenvalue weighted by molar-refractivity contribution is 5.34. The van der Waals surface area contributed by atoms with Crippen LogP contribution in [-0.2, 0) is 19.4 Å². The standard InChI is InChI=1S/C14H17N3O/c15-11-5-6-12-8-16-14(17(12)9-11)7-10-3-1-2-4-13(10)18/h1-4,8,11,18H,5-7,9,15H2. The average molecular weight is 243 g/mol. The number of nitrogens with zero attached hydrogens (tertiary/aromatic N) is 2. The van der Waals surface area contributed by atoms with Gasteiger partial charge >= 0.3 is 0 Å². The maximum atomic E-state index is 9.80. The number of phenols is 1. The predicted octanol–water partition coefficient (Wildman–Crippen LogP) is 1.45. The minimum Gasteiger partial charge on any atom is -0.508 e. The van der Waals surface area contributed by atoms with Crippen LogP contribution in [-0.4, -0.2) is 20.7 Å². The minimum absolute atomic E-state index is 0.217. The lowest BCUT2D eigenvalue weighted by molar-refractivity contribution is 0.447. The van der Waals surface area contributed by atoms with Crippen molar-refractivity contribution in [3.8, 4) is 5.75 Å². The molecule has 0 saturated heterocycles. The lowest BCUT2D eigenvalue weighted by Gasteiger charge is -2.22. The molecule has 3 N–H and O–H groups in total. The van der Waals surface area contributed by atoms with Crippen LogP contribution < -0.4 is 5.73 Å². The van der Waals surface area contributed by atoms with Gasteiger partial charge in [-0.1, -0.05) is 18.2 Å². The van der Waals surface area contributed by atoms with Crippen molar-refractivity contribution in [2.45, 2.75) is 31.8 Å². The first-order valence-electron chi connectivity index (χ1n) is 6.30. The lowest BCUT2D eigenvalue weighted by atomic mass is 10.1. The van der Waals surface area contributed by atoms with Crippen LogP contribution in [0.3, 0.4) is 0 Å². The normalized spacial score (nSPS) is 18.6. The molecule has 1 aromatic heterocycles. The van der Waals surface area contributed by atoms with Gasteiger partial charge in [-0.15, -0.1) is 0 Å². The number of phenolic OH excluding ortho intramolecular Hbond substituents is 1. The van der Waals surface area contributed by atoms with Gasteiger partial charge in [0.15, 0.2) is 0 Å². The third kappa shape index (κ3) is 1.99. The van der Waals surface area contributed by atoms with Gasteiger partial charge in [0.05, 0.1) is 0 Å². The van der Waals surface area contributed by atoms with E-state index in [0.717, 1.165) is 30.8 Å². The molecule has 1 aromatic carbocycles. The molecule has 1 aliphatic heterocycles. The number of fused-ring (bicyclic) bond motifs is 1. The SMILES string of the molecule is NC1CCc2cnc(Cc3ccccc3O)n2C1. The van der Waals surface area contributed by atoms with E-state index in [0.29, 0.717) is 12.2 Å².